The minimum atomic E-state index is -1.34. The molecule has 19 heavy (non-hydrogen) atoms. The molecule has 104 valence electrons. The number of carbonyl (C=O) groups is 2. The van der Waals surface area contributed by atoms with Crippen LogP contribution in [-0.4, -0.2) is 45.8 Å². The van der Waals surface area contributed by atoms with Crippen LogP contribution < -0.4 is 10.6 Å². The Bertz CT molecular complexity index is 453. The van der Waals surface area contributed by atoms with Crippen LogP contribution in [0.2, 0.25) is 0 Å². The number of carboxylic acid groups (broad SMARTS) is 1. The lowest BCUT2D eigenvalue weighted by molar-refractivity contribution is -0.144. The monoisotopic (exact) mass is 268 g/mol. The number of rotatable bonds is 4. The summed E-state index contributed by atoms with van der Waals surface area (Å²) in [5, 5.41) is 14.3. The van der Waals surface area contributed by atoms with Crippen LogP contribution in [0, 0.1) is 0 Å². The smallest absolute Gasteiger partial charge is 0.332 e. The molecule has 8 heteroatoms. The van der Waals surface area contributed by atoms with Crippen LogP contribution in [0.3, 0.4) is 0 Å². The number of aliphatic carboxylic acids is 1. The number of ether oxygens (including phenoxy) is 1. The number of aromatic nitrogens is 2. The van der Waals surface area contributed by atoms with Gasteiger partial charge >= 0.3 is 12.0 Å². The quantitative estimate of drug-likeness (QED) is 0.614. The van der Waals surface area contributed by atoms with Crippen molar-refractivity contribution in [1.29, 1.82) is 0 Å². The third kappa shape index (κ3) is 2.84. The first-order chi connectivity index (χ1) is 9.03. The maximum absolute atomic E-state index is 11.8. The van der Waals surface area contributed by atoms with E-state index in [2.05, 4.69) is 20.6 Å². The lowest BCUT2D eigenvalue weighted by atomic mass is 9.99. The predicted octanol–water partition coefficient (Wildman–Crippen LogP) is 0.0136. The first-order valence-corrected chi connectivity index (χ1v) is 5.92. The van der Waals surface area contributed by atoms with Crippen LogP contribution in [0.25, 0.3) is 0 Å². The van der Waals surface area contributed by atoms with Crippen LogP contribution in [0.15, 0.2) is 12.4 Å². The van der Waals surface area contributed by atoms with Crippen molar-refractivity contribution in [2.24, 2.45) is 0 Å². The van der Waals surface area contributed by atoms with E-state index in [9.17, 15) is 14.7 Å². The van der Waals surface area contributed by atoms with Gasteiger partial charge in [0.25, 0.3) is 0 Å². The van der Waals surface area contributed by atoms with Gasteiger partial charge in [0.05, 0.1) is 12.6 Å². The maximum Gasteiger partial charge on any atom is 0.332 e. The van der Waals surface area contributed by atoms with E-state index in [-0.39, 0.29) is 19.1 Å². The zero-order valence-electron chi connectivity index (χ0n) is 10.5. The second-order valence-corrected chi connectivity index (χ2v) is 4.48. The number of carboxylic acids is 1. The van der Waals surface area contributed by atoms with Crippen LogP contribution in [0.5, 0.6) is 0 Å². The molecule has 2 atom stereocenters. The van der Waals surface area contributed by atoms with Gasteiger partial charge in [0.2, 0.25) is 0 Å². The largest absolute Gasteiger partial charge is 0.479 e. The molecular formula is C11H16N4O4. The number of imidazole rings is 1. The fourth-order valence-corrected chi connectivity index (χ4v) is 1.92. The summed E-state index contributed by atoms with van der Waals surface area (Å²) >= 11 is 0. The minimum absolute atomic E-state index is 0.0229. The van der Waals surface area contributed by atoms with Gasteiger partial charge in [-0.3, -0.25) is 0 Å². The molecule has 1 aliphatic rings. The highest BCUT2D eigenvalue weighted by Crippen LogP contribution is 2.19. The summed E-state index contributed by atoms with van der Waals surface area (Å²) in [7, 11) is 0. The number of nitrogens with zero attached hydrogens (tertiary/aromatic N) is 1. The topological polar surface area (TPSA) is 116 Å². The Kier molecular flexibility index (Phi) is 3.70. The SMILES string of the molecule is CC(NC(=O)NC1(C(=O)O)CCOC1)c1ncc[nH]1. The van der Waals surface area contributed by atoms with Gasteiger partial charge in [-0.05, 0) is 6.92 Å². The Labute approximate surface area is 109 Å². The highest BCUT2D eigenvalue weighted by atomic mass is 16.5. The molecule has 1 fully saturated rings. The molecule has 0 saturated carbocycles. The summed E-state index contributed by atoms with van der Waals surface area (Å²) in [5.41, 5.74) is -1.34. The molecule has 2 amide bonds. The van der Waals surface area contributed by atoms with E-state index < -0.39 is 17.5 Å². The predicted molar refractivity (Wildman–Crippen MR) is 64.5 cm³/mol. The van der Waals surface area contributed by atoms with Crippen LogP contribution in [0.1, 0.15) is 25.2 Å². The fourth-order valence-electron chi connectivity index (χ4n) is 1.92. The molecular weight excluding hydrogens is 252 g/mol. The molecule has 0 spiro atoms. The fraction of sp³-hybridized carbons (Fsp3) is 0.545. The first kappa shape index (κ1) is 13.3. The molecule has 2 heterocycles. The molecule has 4 N–H and O–H groups in total. The normalized spacial score (nSPS) is 23.8. The Morgan fingerprint density at radius 2 is 2.42 bits per heavy atom. The summed E-state index contributed by atoms with van der Waals surface area (Å²) in [6.07, 6.45) is 3.48. The molecule has 0 aliphatic carbocycles. The molecule has 2 rings (SSSR count). The zero-order chi connectivity index (χ0) is 13.9. The van der Waals surface area contributed by atoms with E-state index in [1.165, 1.54) is 0 Å². The van der Waals surface area contributed by atoms with Crippen molar-refractivity contribution in [3.8, 4) is 0 Å². The lowest BCUT2D eigenvalue weighted by Crippen LogP contribution is -2.58. The number of aromatic amines is 1. The molecule has 0 bridgehead atoms. The second-order valence-electron chi connectivity index (χ2n) is 4.48. The molecule has 0 aromatic carbocycles. The van der Waals surface area contributed by atoms with E-state index >= 15 is 0 Å². The molecule has 1 aromatic heterocycles. The van der Waals surface area contributed by atoms with Crippen molar-refractivity contribution in [1.82, 2.24) is 20.6 Å². The first-order valence-electron chi connectivity index (χ1n) is 5.92. The van der Waals surface area contributed by atoms with E-state index in [1.54, 1.807) is 19.3 Å². The number of carbonyl (C=O) groups excluding carboxylic acids is 1. The van der Waals surface area contributed by atoms with Gasteiger partial charge in [-0.25, -0.2) is 14.6 Å². The number of hydrogen-bond donors (Lipinski definition) is 4. The van der Waals surface area contributed by atoms with Gasteiger partial charge in [-0.2, -0.15) is 0 Å². The maximum atomic E-state index is 11.8. The van der Waals surface area contributed by atoms with Crippen molar-refractivity contribution >= 4 is 12.0 Å². The van der Waals surface area contributed by atoms with Gasteiger partial charge in [-0.1, -0.05) is 0 Å². The van der Waals surface area contributed by atoms with E-state index in [0.717, 1.165) is 0 Å². The van der Waals surface area contributed by atoms with Crippen LogP contribution in [0.4, 0.5) is 4.79 Å². The van der Waals surface area contributed by atoms with Crippen molar-refractivity contribution in [3.63, 3.8) is 0 Å². The second kappa shape index (κ2) is 5.27. The molecule has 1 saturated heterocycles. The number of amides is 2. The Morgan fingerprint density at radius 3 is 2.95 bits per heavy atom. The molecule has 1 aromatic rings. The Hall–Kier alpha value is -2.09. The standard InChI is InChI=1S/C11H16N4O4/c1-7(8-12-3-4-13-8)14-10(18)15-11(9(16)17)2-5-19-6-11/h3-4,7H,2,5-6H2,1H3,(H,12,13)(H,16,17)(H2,14,15,18). The Morgan fingerprint density at radius 1 is 1.63 bits per heavy atom. The summed E-state index contributed by atoms with van der Waals surface area (Å²) in [5.74, 6) is -0.493. The highest BCUT2D eigenvalue weighted by molar-refractivity contribution is 5.86. The number of hydrogen-bond acceptors (Lipinski definition) is 4. The minimum Gasteiger partial charge on any atom is -0.479 e. The van der Waals surface area contributed by atoms with E-state index in [1.807, 2.05) is 0 Å². The van der Waals surface area contributed by atoms with Crippen molar-refractivity contribution < 1.29 is 19.4 Å². The van der Waals surface area contributed by atoms with Gasteiger partial charge in [0.1, 0.15) is 5.82 Å². The summed E-state index contributed by atoms with van der Waals surface area (Å²) in [4.78, 5) is 30.0. The van der Waals surface area contributed by atoms with Crippen molar-refractivity contribution in [3.05, 3.63) is 18.2 Å². The van der Waals surface area contributed by atoms with Crippen molar-refractivity contribution in [2.45, 2.75) is 24.9 Å². The Balaban J connectivity index is 1.95. The molecule has 8 nitrogen and oxygen atoms in total. The zero-order valence-corrected chi connectivity index (χ0v) is 10.5. The summed E-state index contributed by atoms with van der Waals surface area (Å²) in [6.45, 7) is 2.04. The highest BCUT2D eigenvalue weighted by Gasteiger charge is 2.44. The van der Waals surface area contributed by atoms with Gasteiger partial charge in [0, 0.05) is 25.4 Å². The molecule has 1 aliphatic heterocycles. The van der Waals surface area contributed by atoms with Crippen molar-refractivity contribution in [2.75, 3.05) is 13.2 Å². The average molecular weight is 268 g/mol. The van der Waals surface area contributed by atoms with Gasteiger partial charge < -0.3 is 25.5 Å². The summed E-state index contributed by atoms with van der Waals surface area (Å²) < 4.78 is 5.06. The summed E-state index contributed by atoms with van der Waals surface area (Å²) in [6, 6.07) is -0.903. The molecule has 2 unspecified atom stereocenters. The van der Waals surface area contributed by atoms with Gasteiger partial charge in [-0.15, -0.1) is 0 Å². The molecule has 0 radical (unpaired) electrons. The third-order valence-corrected chi connectivity index (χ3v) is 3.06. The van der Waals surface area contributed by atoms with Crippen LogP contribution >= 0.6 is 0 Å². The van der Waals surface area contributed by atoms with Gasteiger partial charge in [0.15, 0.2) is 5.54 Å². The van der Waals surface area contributed by atoms with Crippen LogP contribution in [-0.2, 0) is 9.53 Å². The lowest BCUT2D eigenvalue weighted by Gasteiger charge is -2.24. The van der Waals surface area contributed by atoms with E-state index in [4.69, 9.17) is 4.74 Å². The number of nitrogens with one attached hydrogen (secondary N) is 3. The number of H-pyrrole nitrogens is 1. The number of urea groups is 1. The average Bonchev–Trinajstić information content (AvgIpc) is 2.99. The van der Waals surface area contributed by atoms with E-state index in [0.29, 0.717) is 12.4 Å². The third-order valence-electron chi connectivity index (χ3n) is 3.06.